The largest absolute Gasteiger partial charge is 0.480 e. The van der Waals surface area contributed by atoms with Crippen LogP contribution in [0.25, 0.3) is 0 Å². The molecule has 1 aliphatic rings. The van der Waals surface area contributed by atoms with Crippen molar-refractivity contribution in [1.29, 1.82) is 0 Å². The van der Waals surface area contributed by atoms with Crippen molar-refractivity contribution in [1.82, 2.24) is 15.5 Å². The van der Waals surface area contributed by atoms with Gasteiger partial charge in [0, 0.05) is 6.54 Å². The maximum absolute atomic E-state index is 13.3. The number of likely N-dealkylation sites (tertiary alicyclic amines) is 1. The molecule has 0 aliphatic carbocycles. The van der Waals surface area contributed by atoms with Crippen LogP contribution in [0.4, 0.5) is 0 Å². The quantitative estimate of drug-likeness (QED) is 0.234. The summed E-state index contributed by atoms with van der Waals surface area (Å²) in [6, 6.07) is 5.86. The number of hydrogen-bond donors (Lipinski definition) is 5. The lowest BCUT2D eigenvalue weighted by molar-refractivity contribution is -0.149. The van der Waals surface area contributed by atoms with Gasteiger partial charge < -0.3 is 32.1 Å². The average Bonchev–Trinajstić information content (AvgIpc) is 3.33. The van der Waals surface area contributed by atoms with Gasteiger partial charge in [0.15, 0.2) is 0 Å². The van der Waals surface area contributed by atoms with Crippen LogP contribution in [0.2, 0.25) is 0 Å². The predicted octanol–water partition coefficient (Wildman–Crippen LogP) is 0.777. The molecular formula is C26H41N5O5. The van der Waals surface area contributed by atoms with Crippen LogP contribution in [-0.2, 0) is 25.6 Å². The Kier molecular flexibility index (Phi) is 11.8. The van der Waals surface area contributed by atoms with Crippen molar-refractivity contribution in [3.05, 3.63) is 35.9 Å². The Bertz CT molecular complexity index is 879. The van der Waals surface area contributed by atoms with Gasteiger partial charge in [0.2, 0.25) is 17.7 Å². The number of carboxylic acids is 1. The third-order valence-electron chi connectivity index (χ3n) is 6.36. The SMILES string of the molecule is CC(C)CC(NC(=O)C(CCCCN)NC(=O)C(N)Cc1ccccc1)C(=O)N1CCCC1C(=O)O. The minimum atomic E-state index is -1.05. The highest BCUT2D eigenvalue weighted by Crippen LogP contribution is 2.20. The Labute approximate surface area is 213 Å². The number of unbranched alkanes of at least 4 members (excludes halogenated alkanes) is 1. The molecule has 0 radical (unpaired) electrons. The highest BCUT2D eigenvalue weighted by Gasteiger charge is 2.38. The zero-order chi connectivity index (χ0) is 26.7. The Morgan fingerprint density at radius 2 is 1.72 bits per heavy atom. The monoisotopic (exact) mass is 503 g/mol. The number of amides is 3. The molecule has 10 heteroatoms. The molecule has 4 atom stereocenters. The van der Waals surface area contributed by atoms with Crippen LogP contribution >= 0.6 is 0 Å². The third-order valence-corrected chi connectivity index (χ3v) is 6.36. The highest BCUT2D eigenvalue weighted by atomic mass is 16.4. The fraction of sp³-hybridized carbons (Fsp3) is 0.615. The topological polar surface area (TPSA) is 168 Å². The van der Waals surface area contributed by atoms with E-state index in [1.807, 2.05) is 44.2 Å². The van der Waals surface area contributed by atoms with Crippen molar-refractivity contribution in [2.45, 2.75) is 83.0 Å². The first kappa shape index (κ1) is 29.3. The summed E-state index contributed by atoms with van der Waals surface area (Å²) in [6.07, 6.45) is 3.30. The second-order valence-electron chi connectivity index (χ2n) is 9.86. The molecule has 200 valence electrons. The van der Waals surface area contributed by atoms with Crippen molar-refractivity contribution < 1.29 is 24.3 Å². The van der Waals surface area contributed by atoms with Crippen molar-refractivity contribution in [2.24, 2.45) is 17.4 Å². The van der Waals surface area contributed by atoms with E-state index in [1.165, 1.54) is 4.90 Å². The van der Waals surface area contributed by atoms with Gasteiger partial charge in [-0.2, -0.15) is 0 Å². The van der Waals surface area contributed by atoms with Gasteiger partial charge in [-0.1, -0.05) is 44.2 Å². The molecule has 7 N–H and O–H groups in total. The molecule has 2 rings (SSSR count). The first-order chi connectivity index (χ1) is 17.1. The third kappa shape index (κ3) is 8.91. The summed E-state index contributed by atoms with van der Waals surface area (Å²) in [4.78, 5) is 52.4. The number of aliphatic carboxylic acids is 1. The van der Waals surface area contributed by atoms with E-state index >= 15 is 0 Å². The van der Waals surface area contributed by atoms with Gasteiger partial charge in [-0.15, -0.1) is 0 Å². The van der Waals surface area contributed by atoms with E-state index < -0.39 is 47.9 Å². The Balaban J connectivity index is 2.12. The summed E-state index contributed by atoms with van der Waals surface area (Å²) < 4.78 is 0. The zero-order valence-electron chi connectivity index (χ0n) is 21.3. The first-order valence-electron chi connectivity index (χ1n) is 12.8. The lowest BCUT2D eigenvalue weighted by atomic mass is 10.0. The molecule has 36 heavy (non-hydrogen) atoms. The van der Waals surface area contributed by atoms with Crippen LogP contribution in [0, 0.1) is 5.92 Å². The summed E-state index contributed by atoms with van der Waals surface area (Å²) in [6.45, 7) is 4.64. The number of carbonyl (C=O) groups is 4. The van der Waals surface area contributed by atoms with Crippen molar-refractivity contribution in [3.8, 4) is 0 Å². The van der Waals surface area contributed by atoms with Gasteiger partial charge in [-0.25, -0.2) is 4.79 Å². The minimum Gasteiger partial charge on any atom is -0.480 e. The van der Waals surface area contributed by atoms with E-state index in [0.717, 1.165) is 5.56 Å². The Morgan fingerprint density at radius 3 is 2.33 bits per heavy atom. The van der Waals surface area contributed by atoms with Gasteiger partial charge in [0.25, 0.3) is 0 Å². The zero-order valence-corrected chi connectivity index (χ0v) is 21.3. The normalized spacial score (nSPS) is 17.9. The highest BCUT2D eigenvalue weighted by molar-refractivity contribution is 5.94. The van der Waals surface area contributed by atoms with Crippen LogP contribution in [-0.4, -0.2) is 71.0 Å². The van der Waals surface area contributed by atoms with E-state index in [9.17, 15) is 24.3 Å². The van der Waals surface area contributed by atoms with E-state index in [2.05, 4.69) is 10.6 Å². The van der Waals surface area contributed by atoms with Crippen LogP contribution in [0.1, 0.15) is 57.9 Å². The molecule has 1 fully saturated rings. The number of nitrogens with zero attached hydrogens (tertiary/aromatic N) is 1. The molecule has 1 saturated heterocycles. The maximum Gasteiger partial charge on any atom is 0.326 e. The van der Waals surface area contributed by atoms with Gasteiger partial charge in [-0.05, 0) is 63.0 Å². The van der Waals surface area contributed by atoms with E-state index in [-0.39, 0.29) is 5.92 Å². The van der Waals surface area contributed by atoms with Crippen molar-refractivity contribution in [2.75, 3.05) is 13.1 Å². The molecule has 4 unspecified atom stereocenters. The molecule has 1 heterocycles. The van der Waals surface area contributed by atoms with Crippen molar-refractivity contribution >= 4 is 23.7 Å². The molecule has 1 aliphatic heterocycles. The molecule has 0 spiro atoms. The van der Waals surface area contributed by atoms with Gasteiger partial charge in [-0.3, -0.25) is 14.4 Å². The molecular weight excluding hydrogens is 462 g/mol. The number of hydrogen-bond acceptors (Lipinski definition) is 6. The van der Waals surface area contributed by atoms with Crippen LogP contribution in [0.5, 0.6) is 0 Å². The molecule has 0 saturated carbocycles. The smallest absolute Gasteiger partial charge is 0.326 e. The second kappa shape index (κ2) is 14.5. The fourth-order valence-electron chi connectivity index (χ4n) is 4.45. The number of carbonyl (C=O) groups excluding carboxylic acids is 3. The summed E-state index contributed by atoms with van der Waals surface area (Å²) in [5.41, 5.74) is 12.6. The van der Waals surface area contributed by atoms with E-state index in [4.69, 9.17) is 11.5 Å². The van der Waals surface area contributed by atoms with Crippen LogP contribution in [0.15, 0.2) is 30.3 Å². The average molecular weight is 504 g/mol. The number of nitrogens with two attached hydrogens (primary N) is 2. The molecule has 0 bridgehead atoms. The second-order valence-corrected chi connectivity index (χ2v) is 9.86. The summed E-state index contributed by atoms with van der Waals surface area (Å²) in [7, 11) is 0. The summed E-state index contributed by atoms with van der Waals surface area (Å²) in [5, 5.41) is 15.0. The lowest BCUT2D eigenvalue weighted by Crippen LogP contribution is -2.57. The lowest BCUT2D eigenvalue weighted by Gasteiger charge is -2.29. The number of carboxylic acid groups (broad SMARTS) is 1. The number of benzene rings is 1. The van der Waals surface area contributed by atoms with Crippen molar-refractivity contribution in [3.63, 3.8) is 0 Å². The first-order valence-corrected chi connectivity index (χ1v) is 12.8. The summed E-state index contributed by atoms with van der Waals surface area (Å²) in [5.74, 6) is -2.32. The number of nitrogens with one attached hydrogen (secondary N) is 2. The molecule has 3 amide bonds. The fourth-order valence-corrected chi connectivity index (χ4v) is 4.45. The van der Waals surface area contributed by atoms with Gasteiger partial charge in [0.1, 0.15) is 18.1 Å². The summed E-state index contributed by atoms with van der Waals surface area (Å²) >= 11 is 0. The molecule has 10 nitrogen and oxygen atoms in total. The van der Waals surface area contributed by atoms with E-state index in [0.29, 0.717) is 58.0 Å². The molecule has 1 aromatic carbocycles. The van der Waals surface area contributed by atoms with Gasteiger partial charge >= 0.3 is 5.97 Å². The Morgan fingerprint density at radius 1 is 1.06 bits per heavy atom. The van der Waals surface area contributed by atoms with Crippen LogP contribution in [0.3, 0.4) is 0 Å². The molecule has 0 aromatic heterocycles. The van der Waals surface area contributed by atoms with Crippen LogP contribution < -0.4 is 22.1 Å². The number of rotatable bonds is 14. The Hall–Kier alpha value is -2.98. The maximum atomic E-state index is 13.3. The standard InChI is InChI=1S/C26H41N5O5/c1-17(2)15-21(25(34)31-14-8-12-22(31)26(35)36)30-24(33)20(11-6-7-13-27)29-23(32)19(28)16-18-9-4-3-5-10-18/h3-5,9-10,17,19-22H,6-8,11-16,27-28H2,1-2H3,(H,29,32)(H,30,33)(H,35,36). The van der Waals surface area contributed by atoms with Gasteiger partial charge in [0.05, 0.1) is 6.04 Å². The minimum absolute atomic E-state index is 0.0784. The molecule has 1 aromatic rings. The predicted molar refractivity (Wildman–Crippen MR) is 137 cm³/mol. The van der Waals surface area contributed by atoms with E-state index in [1.54, 1.807) is 0 Å².